The monoisotopic (exact) mass is 374 g/mol. The minimum Gasteiger partial charge on any atom is -0.493 e. The molecule has 0 aliphatic carbocycles. The summed E-state index contributed by atoms with van der Waals surface area (Å²) in [6, 6.07) is 10.9. The highest BCUT2D eigenvalue weighted by molar-refractivity contribution is 5.98. The number of nitrogens with one attached hydrogen (secondary N) is 2. The van der Waals surface area contributed by atoms with Crippen LogP contribution >= 0.6 is 0 Å². The second kappa shape index (κ2) is 9.02. The smallest absolute Gasteiger partial charge is 0.268 e. The lowest BCUT2D eigenvalue weighted by molar-refractivity contribution is -0.133. The number of benzene rings is 2. The lowest BCUT2D eigenvalue weighted by atomic mass is 10.0. The summed E-state index contributed by atoms with van der Waals surface area (Å²) in [6.45, 7) is 1.33. The third-order valence-corrected chi connectivity index (χ3v) is 4.03. The van der Waals surface area contributed by atoms with Gasteiger partial charge in [-0.25, -0.2) is 5.48 Å². The Labute approximate surface area is 156 Å². The number of carbonyl (C=O) groups excluding carboxylic acids is 2. The molecule has 0 aromatic heterocycles. The molecule has 0 unspecified atom stereocenters. The molecule has 8 heteroatoms. The molecule has 0 saturated carbocycles. The molecule has 0 aliphatic rings. The zero-order valence-corrected chi connectivity index (χ0v) is 15.2. The minimum absolute atomic E-state index is 0.301. The second-order valence-corrected chi connectivity index (χ2v) is 5.81. The first-order valence-corrected chi connectivity index (χ1v) is 8.16. The maximum Gasteiger partial charge on any atom is 0.268 e. The molecular weight excluding hydrogens is 352 g/mol. The van der Waals surface area contributed by atoms with Crippen LogP contribution < -0.4 is 20.3 Å². The maximum atomic E-state index is 12.3. The first-order chi connectivity index (χ1) is 12.9. The van der Waals surface area contributed by atoms with Gasteiger partial charge in [0.05, 0.1) is 20.3 Å². The highest BCUT2D eigenvalue weighted by Crippen LogP contribution is 2.32. The molecule has 0 bridgehead atoms. The molecule has 0 heterocycles. The van der Waals surface area contributed by atoms with Crippen LogP contribution in [0.25, 0.3) is 11.1 Å². The number of hydrogen-bond donors (Lipinski definition) is 4. The van der Waals surface area contributed by atoms with Gasteiger partial charge >= 0.3 is 0 Å². The van der Waals surface area contributed by atoms with Crippen molar-refractivity contribution in [2.45, 2.75) is 19.1 Å². The molecule has 2 rings (SSSR count). The molecule has 2 atom stereocenters. The number of methoxy groups -OCH3 is 2. The van der Waals surface area contributed by atoms with Crippen molar-refractivity contribution in [3.05, 3.63) is 48.0 Å². The van der Waals surface area contributed by atoms with Crippen molar-refractivity contribution in [3.63, 3.8) is 0 Å². The van der Waals surface area contributed by atoms with Crippen molar-refractivity contribution >= 4 is 11.8 Å². The summed E-state index contributed by atoms with van der Waals surface area (Å²) in [4.78, 5) is 23.8. The van der Waals surface area contributed by atoms with Crippen molar-refractivity contribution in [1.82, 2.24) is 10.8 Å². The average Bonchev–Trinajstić information content (AvgIpc) is 2.70. The van der Waals surface area contributed by atoms with E-state index in [0.717, 1.165) is 11.1 Å². The van der Waals surface area contributed by atoms with Crippen LogP contribution in [0.5, 0.6) is 11.5 Å². The molecule has 0 saturated heterocycles. The molecule has 2 aromatic carbocycles. The Balaban J connectivity index is 2.19. The summed E-state index contributed by atoms with van der Waals surface area (Å²) in [5.41, 5.74) is 3.45. The Kier molecular flexibility index (Phi) is 6.75. The third-order valence-electron chi connectivity index (χ3n) is 4.03. The van der Waals surface area contributed by atoms with Crippen LogP contribution in [0.1, 0.15) is 17.3 Å². The van der Waals surface area contributed by atoms with Crippen LogP contribution in [0.15, 0.2) is 42.5 Å². The number of carbonyl (C=O) groups is 2. The highest BCUT2D eigenvalue weighted by atomic mass is 16.5. The van der Waals surface area contributed by atoms with Crippen LogP contribution in [-0.4, -0.2) is 48.5 Å². The molecule has 0 radical (unpaired) electrons. The molecule has 8 nitrogen and oxygen atoms in total. The van der Waals surface area contributed by atoms with Gasteiger partial charge in [0.1, 0.15) is 6.04 Å². The number of amides is 2. The Hall–Kier alpha value is -3.10. The van der Waals surface area contributed by atoms with Gasteiger partial charge in [0.2, 0.25) is 0 Å². The second-order valence-electron chi connectivity index (χ2n) is 5.81. The maximum absolute atomic E-state index is 12.3. The topological polar surface area (TPSA) is 117 Å². The van der Waals surface area contributed by atoms with E-state index in [1.807, 2.05) is 12.1 Å². The van der Waals surface area contributed by atoms with Crippen molar-refractivity contribution in [3.8, 4) is 22.6 Å². The number of hydrogen-bond acceptors (Lipinski definition) is 6. The molecule has 27 heavy (non-hydrogen) atoms. The van der Waals surface area contributed by atoms with Gasteiger partial charge < -0.3 is 19.9 Å². The van der Waals surface area contributed by atoms with Gasteiger partial charge in [-0.3, -0.25) is 14.8 Å². The normalized spacial score (nSPS) is 12.6. The minimum atomic E-state index is -1.27. The SMILES string of the molecule is COc1ccc(-c2ccc(C(=O)N[C@H](C(=O)NO)[C@@H](C)O)cc2)cc1OC. The standard InChI is InChI=1S/C19H22N2O6/c1-11(22)17(19(24)21-25)20-18(23)13-6-4-12(5-7-13)14-8-9-15(26-2)16(10-14)27-3/h4-11,17,22,25H,1-3H3,(H,20,23)(H,21,24)/t11-,17+/m1/s1. The van der Waals surface area contributed by atoms with Crippen molar-refractivity contribution in [1.29, 1.82) is 0 Å². The van der Waals surface area contributed by atoms with Gasteiger partial charge in [0.25, 0.3) is 11.8 Å². The van der Waals surface area contributed by atoms with Gasteiger partial charge in [-0.05, 0) is 42.3 Å². The van der Waals surface area contributed by atoms with Gasteiger partial charge in [-0.2, -0.15) is 0 Å². The third kappa shape index (κ3) is 4.75. The predicted octanol–water partition coefficient (Wildman–Crippen LogP) is 1.36. The van der Waals surface area contributed by atoms with Gasteiger partial charge in [0, 0.05) is 5.56 Å². The van der Waals surface area contributed by atoms with Crippen LogP contribution in [0.3, 0.4) is 0 Å². The van der Waals surface area contributed by atoms with E-state index in [9.17, 15) is 14.7 Å². The van der Waals surface area contributed by atoms with Crippen LogP contribution in [0.4, 0.5) is 0 Å². The number of aliphatic hydroxyl groups excluding tert-OH is 1. The van der Waals surface area contributed by atoms with Crippen LogP contribution in [0, 0.1) is 0 Å². The molecule has 2 amide bonds. The average molecular weight is 374 g/mol. The summed E-state index contributed by atoms with van der Waals surface area (Å²) < 4.78 is 10.5. The van der Waals surface area contributed by atoms with Crippen LogP contribution in [-0.2, 0) is 4.79 Å². The Morgan fingerprint density at radius 3 is 2.07 bits per heavy atom. The first kappa shape index (κ1) is 20.2. The number of hydroxylamine groups is 1. The Morgan fingerprint density at radius 1 is 0.963 bits per heavy atom. The quantitative estimate of drug-likeness (QED) is 0.429. The van der Waals surface area contributed by atoms with E-state index < -0.39 is 24.0 Å². The lowest BCUT2D eigenvalue weighted by Crippen LogP contribution is -2.51. The molecule has 0 aliphatic heterocycles. The van der Waals surface area contributed by atoms with E-state index in [2.05, 4.69) is 5.32 Å². The molecular formula is C19H22N2O6. The Bertz CT molecular complexity index is 804. The largest absolute Gasteiger partial charge is 0.493 e. The fraction of sp³-hybridized carbons (Fsp3) is 0.263. The highest BCUT2D eigenvalue weighted by Gasteiger charge is 2.25. The van der Waals surface area contributed by atoms with Gasteiger partial charge in [-0.1, -0.05) is 18.2 Å². The van der Waals surface area contributed by atoms with Crippen molar-refractivity contribution in [2.24, 2.45) is 0 Å². The zero-order chi connectivity index (χ0) is 20.0. The molecule has 2 aromatic rings. The summed E-state index contributed by atoms with van der Waals surface area (Å²) in [6.07, 6.45) is -1.17. The number of rotatable bonds is 7. The zero-order valence-electron chi connectivity index (χ0n) is 15.2. The fourth-order valence-corrected chi connectivity index (χ4v) is 2.53. The summed E-state index contributed by atoms with van der Waals surface area (Å²) >= 11 is 0. The predicted molar refractivity (Wildman–Crippen MR) is 97.8 cm³/mol. The Morgan fingerprint density at radius 2 is 1.56 bits per heavy atom. The first-order valence-electron chi connectivity index (χ1n) is 8.16. The number of ether oxygens (including phenoxy) is 2. The van der Waals surface area contributed by atoms with Gasteiger partial charge in [-0.15, -0.1) is 0 Å². The summed E-state index contributed by atoms with van der Waals surface area (Å²) in [5.74, 6) is -0.251. The van der Waals surface area contributed by atoms with E-state index >= 15 is 0 Å². The van der Waals surface area contributed by atoms with Gasteiger partial charge in [0.15, 0.2) is 11.5 Å². The molecule has 4 N–H and O–H groups in total. The van der Waals surface area contributed by atoms with E-state index in [-0.39, 0.29) is 0 Å². The molecule has 0 spiro atoms. The lowest BCUT2D eigenvalue weighted by Gasteiger charge is -2.19. The number of aliphatic hydroxyl groups is 1. The summed E-state index contributed by atoms with van der Waals surface area (Å²) in [5, 5.41) is 20.7. The van der Waals surface area contributed by atoms with Crippen molar-refractivity contribution in [2.75, 3.05) is 14.2 Å². The van der Waals surface area contributed by atoms with E-state index in [0.29, 0.717) is 17.1 Å². The van der Waals surface area contributed by atoms with Crippen molar-refractivity contribution < 1.29 is 29.4 Å². The molecule has 144 valence electrons. The van der Waals surface area contributed by atoms with E-state index in [1.54, 1.807) is 44.6 Å². The van der Waals surface area contributed by atoms with Crippen LogP contribution in [0.2, 0.25) is 0 Å². The summed E-state index contributed by atoms with van der Waals surface area (Å²) in [7, 11) is 3.11. The van der Waals surface area contributed by atoms with E-state index in [4.69, 9.17) is 14.7 Å². The van der Waals surface area contributed by atoms with E-state index in [1.165, 1.54) is 12.4 Å². The molecule has 0 fully saturated rings. The fourth-order valence-electron chi connectivity index (χ4n) is 2.53.